The van der Waals surface area contributed by atoms with E-state index in [0.29, 0.717) is 32.4 Å². The number of ether oxygens (including phenoxy) is 1. The second-order valence-corrected chi connectivity index (χ2v) is 7.25. The van der Waals surface area contributed by atoms with Gasteiger partial charge in [-0.25, -0.2) is 4.79 Å². The number of aryl methyl sites for hydroxylation is 1. The zero-order chi connectivity index (χ0) is 17.3. The number of Topliss-reactive ketones (excluding diaryl/α,β-unsaturated/α-hetero) is 1. The lowest BCUT2D eigenvalue weighted by Gasteiger charge is -2.16. The van der Waals surface area contributed by atoms with Crippen LogP contribution in [0.25, 0.3) is 0 Å². The molecule has 2 aliphatic rings. The van der Waals surface area contributed by atoms with E-state index in [2.05, 4.69) is 21.2 Å². The Balaban J connectivity index is 1.75. The first-order valence-electron chi connectivity index (χ1n) is 7.95. The number of ketones is 1. The van der Waals surface area contributed by atoms with Crippen molar-refractivity contribution in [2.75, 3.05) is 18.0 Å². The lowest BCUT2D eigenvalue weighted by Crippen LogP contribution is -2.33. The van der Waals surface area contributed by atoms with Crippen LogP contribution in [0.3, 0.4) is 0 Å². The average molecular weight is 395 g/mol. The van der Waals surface area contributed by atoms with E-state index in [1.807, 2.05) is 18.2 Å². The van der Waals surface area contributed by atoms with Gasteiger partial charge >= 0.3 is 6.09 Å². The number of carbonyl (C=O) groups excluding carboxylic acids is 3. The van der Waals surface area contributed by atoms with E-state index >= 15 is 0 Å². The molecule has 0 aromatic heterocycles. The average Bonchev–Trinajstić information content (AvgIpc) is 2.85. The summed E-state index contributed by atoms with van der Waals surface area (Å²) in [7, 11) is 0. The Morgan fingerprint density at radius 3 is 2.88 bits per heavy atom. The molecule has 1 fully saturated rings. The van der Waals surface area contributed by atoms with Gasteiger partial charge in [0.2, 0.25) is 5.91 Å². The maximum Gasteiger partial charge on any atom is 0.414 e. The Hall–Kier alpha value is -1.89. The Morgan fingerprint density at radius 1 is 1.33 bits per heavy atom. The minimum absolute atomic E-state index is 0.136. The number of nitrogens with one attached hydrogen (secondary N) is 1. The van der Waals surface area contributed by atoms with Crippen molar-refractivity contribution in [3.8, 4) is 0 Å². The molecule has 2 atom stereocenters. The van der Waals surface area contributed by atoms with Crippen LogP contribution in [0.2, 0.25) is 0 Å². The van der Waals surface area contributed by atoms with Crippen molar-refractivity contribution in [2.24, 2.45) is 0 Å². The summed E-state index contributed by atoms with van der Waals surface area (Å²) in [6, 6.07) is 5.83. The van der Waals surface area contributed by atoms with E-state index in [0.717, 1.165) is 16.8 Å². The minimum Gasteiger partial charge on any atom is -0.442 e. The smallest absolute Gasteiger partial charge is 0.414 e. The Morgan fingerprint density at radius 2 is 2.12 bits per heavy atom. The van der Waals surface area contributed by atoms with Gasteiger partial charge in [-0.05, 0) is 36.1 Å². The van der Waals surface area contributed by atoms with E-state index in [1.54, 1.807) is 4.90 Å². The molecule has 6 nitrogen and oxygen atoms in total. The van der Waals surface area contributed by atoms with E-state index in [4.69, 9.17) is 4.74 Å². The fourth-order valence-electron chi connectivity index (χ4n) is 3.03. The van der Waals surface area contributed by atoms with Crippen LogP contribution in [-0.2, 0) is 27.2 Å². The minimum atomic E-state index is -0.409. The van der Waals surface area contributed by atoms with Crippen molar-refractivity contribution in [2.45, 2.75) is 37.1 Å². The molecule has 0 unspecified atom stereocenters. The van der Waals surface area contributed by atoms with Crippen molar-refractivity contribution >= 4 is 39.4 Å². The van der Waals surface area contributed by atoms with Crippen LogP contribution in [0.5, 0.6) is 0 Å². The molecule has 0 spiro atoms. The largest absolute Gasteiger partial charge is 0.442 e. The summed E-state index contributed by atoms with van der Waals surface area (Å²) in [5, 5.41) is 2.66. The molecule has 1 aliphatic heterocycles. The molecule has 3 rings (SSSR count). The van der Waals surface area contributed by atoms with Gasteiger partial charge in [-0.3, -0.25) is 14.5 Å². The number of carbonyl (C=O) groups is 3. The van der Waals surface area contributed by atoms with Gasteiger partial charge in [0.25, 0.3) is 0 Å². The summed E-state index contributed by atoms with van der Waals surface area (Å²) >= 11 is 3.44. The number of nitrogens with zero attached hydrogens (tertiary/aromatic N) is 1. The number of hydrogen-bond donors (Lipinski definition) is 1. The van der Waals surface area contributed by atoms with Gasteiger partial charge < -0.3 is 10.1 Å². The number of rotatable bonds is 3. The van der Waals surface area contributed by atoms with Crippen molar-refractivity contribution in [3.05, 3.63) is 29.3 Å². The van der Waals surface area contributed by atoms with Gasteiger partial charge in [0.1, 0.15) is 11.9 Å². The first-order chi connectivity index (χ1) is 11.4. The monoisotopic (exact) mass is 394 g/mol. The SMILES string of the molecule is CC(=O)NC[C@H]1CN(c2ccc3c(c2)CCC(=O)[C@H](Br)C3)C(=O)O1. The molecule has 1 heterocycles. The number of anilines is 1. The number of amides is 2. The fraction of sp³-hybridized carbons (Fsp3) is 0.471. The first-order valence-corrected chi connectivity index (χ1v) is 8.87. The van der Waals surface area contributed by atoms with Crippen LogP contribution in [0, 0.1) is 0 Å². The first kappa shape index (κ1) is 17.0. The third-order valence-corrected chi connectivity index (χ3v) is 5.18. The molecule has 7 heteroatoms. The van der Waals surface area contributed by atoms with E-state index < -0.39 is 6.09 Å². The van der Waals surface area contributed by atoms with Gasteiger partial charge in [-0.15, -0.1) is 0 Å². The molecule has 1 aliphatic carbocycles. The predicted molar refractivity (Wildman–Crippen MR) is 92.5 cm³/mol. The summed E-state index contributed by atoms with van der Waals surface area (Å²) in [6.07, 6.45) is 1.09. The summed E-state index contributed by atoms with van der Waals surface area (Å²) < 4.78 is 5.29. The molecule has 0 bridgehead atoms. The van der Waals surface area contributed by atoms with Crippen LogP contribution >= 0.6 is 15.9 Å². The molecule has 2 amide bonds. The van der Waals surface area contributed by atoms with Gasteiger partial charge in [0.05, 0.1) is 17.9 Å². The van der Waals surface area contributed by atoms with E-state index in [1.165, 1.54) is 6.92 Å². The molecule has 1 saturated heterocycles. The molecule has 24 heavy (non-hydrogen) atoms. The summed E-state index contributed by atoms with van der Waals surface area (Å²) in [6.45, 7) is 2.14. The van der Waals surface area contributed by atoms with Gasteiger partial charge in [0.15, 0.2) is 0 Å². The quantitative estimate of drug-likeness (QED) is 0.627. The third kappa shape index (κ3) is 3.61. The number of alkyl halides is 1. The highest BCUT2D eigenvalue weighted by Gasteiger charge is 2.33. The second-order valence-electron chi connectivity index (χ2n) is 6.14. The zero-order valence-electron chi connectivity index (χ0n) is 13.4. The molecular weight excluding hydrogens is 376 g/mol. The van der Waals surface area contributed by atoms with Crippen LogP contribution < -0.4 is 10.2 Å². The number of benzene rings is 1. The maximum absolute atomic E-state index is 12.1. The van der Waals surface area contributed by atoms with E-state index in [-0.39, 0.29) is 22.6 Å². The van der Waals surface area contributed by atoms with Crippen LogP contribution in [0.1, 0.15) is 24.5 Å². The van der Waals surface area contributed by atoms with E-state index in [9.17, 15) is 14.4 Å². The molecule has 0 radical (unpaired) electrons. The molecule has 1 aromatic carbocycles. The van der Waals surface area contributed by atoms with Crippen LogP contribution in [0.4, 0.5) is 10.5 Å². The van der Waals surface area contributed by atoms with Gasteiger partial charge in [0, 0.05) is 19.0 Å². The van der Waals surface area contributed by atoms with Crippen LogP contribution in [-0.4, -0.2) is 41.8 Å². The van der Waals surface area contributed by atoms with Crippen molar-refractivity contribution in [1.82, 2.24) is 5.32 Å². The predicted octanol–water partition coefficient (Wildman–Crippen LogP) is 1.97. The fourth-order valence-corrected chi connectivity index (χ4v) is 3.61. The maximum atomic E-state index is 12.1. The zero-order valence-corrected chi connectivity index (χ0v) is 15.0. The number of halogens is 1. The lowest BCUT2D eigenvalue weighted by molar-refractivity contribution is -0.119. The Kier molecular flexibility index (Phi) is 4.89. The third-order valence-electron chi connectivity index (χ3n) is 4.34. The molecule has 0 saturated carbocycles. The lowest BCUT2D eigenvalue weighted by atomic mass is 10.0. The number of hydrogen-bond acceptors (Lipinski definition) is 4. The highest BCUT2D eigenvalue weighted by Crippen LogP contribution is 2.29. The Bertz CT molecular complexity index is 691. The molecule has 128 valence electrons. The summed E-state index contributed by atoms with van der Waals surface area (Å²) in [5.41, 5.74) is 3.00. The number of cyclic esters (lactones) is 1. The number of fused-ring (bicyclic) bond motifs is 1. The van der Waals surface area contributed by atoms with Crippen molar-refractivity contribution < 1.29 is 19.1 Å². The standard InChI is InChI=1S/C17H19BrN2O4/c1-10(21)19-8-14-9-20(17(23)24-14)13-4-2-12-7-15(18)16(22)5-3-11(12)6-13/h2,4,6,14-15H,3,5,7-9H2,1H3,(H,19,21)/t14-,15+/m0/s1. The molecule has 1 N–H and O–H groups in total. The van der Waals surface area contributed by atoms with Gasteiger partial charge in [-0.1, -0.05) is 22.0 Å². The topological polar surface area (TPSA) is 75.7 Å². The van der Waals surface area contributed by atoms with Gasteiger partial charge in [-0.2, -0.15) is 0 Å². The highest BCUT2D eigenvalue weighted by molar-refractivity contribution is 9.10. The van der Waals surface area contributed by atoms with Crippen LogP contribution in [0.15, 0.2) is 18.2 Å². The normalized spacial score (nSPS) is 23.5. The summed E-state index contributed by atoms with van der Waals surface area (Å²) in [4.78, 5) is 36.4. The van der Waals surface area contributed by atoms with Crippen molar-refractivity contribution in [1.29, 1.82) is 0 Å². The Labute approximate surface area is 148 Å². The molecule has 1 aromatic rings. The van der Waals surface area contributed by atoms with Crippen molar-refractivity contribution in [3.63, 3.8) is 0 Å². The second kappa shape index (κ2) is 6.93. The highest BCUT2D eigenvalue weighted by atomic mass is 79.9. The summed E-state index contributed by atoms with van der Waals surface area (Å²) in [5.74, 6) is 0.0622. The molecular formula is C17H19BrN2O4.